The van der Waals surface area contributed by atoms with Crippen LogP contribution >= 0.6 is 0 Å². The van der Waals surface area contributed by atoms with E-state index in [0.29, 0.717) is 11.8 Å². The molecule has 1 saturated heterocycles. The molecule has 1 heterocycles. The maximum absolute atomic E-state index is 12.7. The van der Waals surface area contributed by atoms with Crippen molar-refractivity contribution in [3.8, 4) is 0 Å². The van der Waals surface area contributed by atoms with Crippen LogP contribution in [-0.4, -0.2) is 54.5 Å². The molecule has 0 spiro atoms. The first-order valence-corrected chi connectivity index (χ1v) is 7.71. The second-order valence-electron chi connectivity index (χ2n) is 6.90. The summed E-state index contributed by atoms with van der Waals surface area (Å²) in [5, 5.41) is 0. The van der Waals surface area contributed by atoms with Gasteiger partial charge in [-0.3, -0.25) is 9.69 Å². The van der Waals surface area contributed by atoms with E-state index in [4.69, 9.17) is 5.73 Å². The molecule has 2 rings (SSSR count). The summed E-state index contributed by atoms with van der Waals surface area (Å²) in [5.74, 6) is 0.990. The second-order valence-corrected chi connectivity index (χ2v) is 6.90. The van der Waals surface area contributed by atoms with E-state index in [-0.39, 0.29) is 11.5 Å². The van der Waals surface area contributed by atoms with E-state index >= 15 is 0 Å². The van der Waals surface area contributed by atoms with Gasteiger partial charge in [0.1, 0.15) is 0 Å². The molecular weight excluding hydrogens is 238 g/mol. The fraction of sp³-hybridized carbons (Fsp3) is 0.933. The van der Waals surface area contributed by atoms with Crippen LogP contribution in [0.1, 0.15) is 40.0 Å². The van der Waals surface area contributed by atoms with Crippen LogP contribution < -0.4 is 5.73 Å². The van der Waals surface area contributed by atoms with E-state index in [1.54, 1.807) is 0 Å². The van der Waals surface area contributed by atoms with Gasteiger partial charge in [-0.1, -0.05) is 20.3 Å². The second kappa shape index (κ2) is 5.80. The predicted molar refractivity (Wildman–Crippen MR) is 77.8 cm³/mol. The van der Waals surface area contributed by atoms with Crippen molar-refractivity contribution in [1.82, 2.24) is 9.80 Å². The molecule has 19 heavy (non-hydrogen) atoms. The Balaban J connectivity index is 1.89. The molecule has 2 atom stereocenters. The van der Waals surface area contributed by atoms with Crippen molar-refractivity contribution in [3.63, 3.8) is 0 Å². The van der Waals surface area contributed by atoms with Crippen LogP contribution in [0.3, 0.4) is 0 Å². The minimum atomic E-state index is -0.305. The molecule has 0 aromatic rings. The molecular formula is C15H29N3O. The first kappa shape index (κ1) is 14.8. The topological polar surface area (TPSA) is 49.6 Å². The van der Waals surface area contributed by atoms with Crippen molar-refractivity contribution >= 4 is 5.91 Å². The predicted octanol–water partition coefficient (Wildman–Crippen LogP) is 1.30. The van der Waals surface area contributed by atoms with Crippen molar-refractivity contribution in [2.75, 3.05) is 32.7 Å². The van der Waals surface area contributed by atoms with Crippen molar-refractivity contribution in [2.24, 2.45) is 17.1 Å². The largest absolute Gasteiger partial charge is 0.340 e. The van der Waals surface area contributed by atoms with Gasteiger partial charge in [0.15, 0.2) is 0 Å². The molecule has 110 valence electrons. The monoisotopic (exact) mass is 267 g/mol. The standard InChI is InChI=1S/C15H29N3O/c1-12(2)11-17-7-9-18(10-8-17)14(19)15(3)6-4-5-13(15)16/h12-13H,4-11,16H2,1-3H3. The summed E-state index contributed by atoms with van der Waals surface area (Å²) < 4.78 is 0. The number of nitrogens with zero attached hydrogens (tertiary/aromatic N) is 2. The van der Waals surface area contributed by atoms with Crippen molar-refractivity contribution in [3.05, 3.63) is 0 Å². The number of nitrogens with two attached hydrogens (primary N) is 1. The maximum Gasteiger partial charge on any atom is 0.230 e. The van der Waals surface area contributed by atoms with Gasteiger partial charge in [-0.05, 0) is 25.7 Å². The van der Waals surface area contributed by atoms with Crippen LogP contribution in [0.25, 0.3) is 0 Å². The Hall–Kier alpha value is -0.610. The van der Waals surface area contributed by atoms with E-state index in [0.717, 1.165) is 52.0 Å². The molecule has 2 unspecified atom stereocenters. The van der Waals surface area contributed by atoms with Crippen LogP contribution in [0.4, 0.5) is 0 Å². The van der Waals surface area contributed by atoms with Crippen molar-refractivity contribution in [2.45, 2.75) is 46.1 Å². The maximum atomic E-state index is 12.7. The zero-order valence-electron chi connectivity index (χ0n) is 12.7. The highest BCUT2D eigenvalue weighted by Gasteiger charge is 2.45. The SMILES string of the molecule is CC(C)CN1CCN(C(=O)C2(C)CCCC2N)CC1. The summed E-state index contributed by atoms with van der Waals surface area (Å²) >= 11 is 0. The number of carbonyl (C=O) groups is 1. The van der Waals surface area contributed by atoms with Crippen LogP contribution in [-0.2, 0) is 4.79 Å². The summed E-state index contributed by atoms with van der Waals surface area (Å²) in [6.07, 6.45) is 3.05. The highest BCUT2D eigenvalue weighted by Crippen LogP contribution is 2.38. The minimum Gasteiger partial charge on any atom is -0.340 e. The van der Waals surface area contributed by atoms with E-state index in [1.807, 2.05) is 4.90 Å². The molecule has 0 aromatic carbocycles. The van der Waals surface area contributed by atoms with E-state index in [1.165, 1.54) is 0 Å². The lowest BCUT2D eigenvalue weighted by molar-refractivity contribution is -0.143. The average molecular weight is 267 g/mol. The zero-order chi connectivity index (χ0) is 14.0. The van der Waals surface area contributed by atoms with E-state index in [2.05, 4.69) is 25.7 Å². The fourth-order valence-corrected chi connectivity index (χ4v) is 3.47. The van der Waals surface area contributed by atoms with Gasteiger partial charge in [0.25, 0.3) is 0 Å². The molecule has 1 aliphatic heterocycles. The molecule has 1 saturated carbocycles. The highest BCUT2D eigenvalue weighted by atomic mass is 16.2. The van der Waals surface area contributed by atoms with Crippen LogP contribution in [0.2, 0.25) is 0 Å². The normalized spacial score (nSPS) is 33.1. The van der Waals surface area contributed by atoms with Gasteiger partial charge in [0.05, 0.1) is 5.41 Å². The average Bonchev–Trinajstić information content (AvgIpc) is 2.70. The van der Waals surface area contributed by atoms with Gasteiger partial charge in [-0.2, -0.15) is 0 Å². The van der Waals surface area contributed by atoms with E-state index in [9.17, 15) is 4.79 Å². The molecule has 2 N–H and O–H groups in total. The molecule has 2 fully saturated rings. The Bertz CT molecular complexity index is 323. The molecule has 0 bridgehead atoms. The molecule has 0 radical (unpaired) electrons. The Labute approximate surface area is 117 Å². The van der Waals surface area contributed by atoms with Crippen LogP contribution in [0.5, 0.6) is 0 Å². The Morgan fingerprint density at radius 2 is 1.95 bits per heavy atom. The third-order valence-corrected chi connectivity index (χ3v) is 4.80. The summed E-state index contributed by atoms with van der Waals surface area (Å²) in [6.45, 7) is 11.4. The Kier molecular flexibility index (Phi) is 4.51. The molecule has 1 amide bonds. The summed E-state index contributed by atoms with van der Waals surface area (Å²) in [7, 11) is 0. The van der Waals surface area contributed by atoms with Gasteiger partial charge in [0.2, 0.25) is 5.91 Å². The van der Waals surface area contributed by atoms with Crippen LogP contribution in [0, 0.1) is 11.3 Å². The molecule has 1 aliphatic carbocycles. The molecule has 0 aromatic heterocycles. The summed E-state index contributed by atoms with van der Waals surface area (Å²) in [4.78, 5) is 17.2. The van der Waals surface area contributed by atoms with Gasteiger partial charge in [-0.25, -0.2) is 0 Å². The lowest BCUT2D eigenvalue weighted by atomic mass is 9.83. The zero-order valence-corrected chi connectivity index (χ0v) is 12.7. The van der Waals surface area contributed by atoms with Crippen LogP contribution in [0.15, 0.2) is 0 Å². The molecule has 4 nitrogen and oxygen atoms in total. The first-order chi connectivity index (χ1) is 8.93. The third-order valence-electron chi connectivity index (χ3n) is 4.80. The molecule has 2 aliphatic rings. The number of rotatable bonds is 3. The number of piperazine rings is 1. The Morgan fingerprint density at radius 1 is 1.32 bits per heavy atom. The number of hydrogen-bond acceptors (Lipinski definition) is 3. The third kappa shape index (κ3) is 3.11. The highest BCUT2D eigenvalue weighted by molar-refractivity contribution is 5.83. The Morgan fingerprint density at radius 3 is 2.42 bits per heavy atom. The first-order valence-electron chi connectivity index (χ1n) is 7.71. The molecule has 4 heteroatoms. The smallest absolute Gasteiger partial charge is 0.230 e. The van der Waals surface area contributed by atoms with Crippen molar-refractivity contribution in [1.29, 1.82) is 0 Å². The van der Waals surface area contributed by atoms with Gasteiger partial charge >= 0.3 is 0 Å². The lowest BCUT2D eigenvalue weighted by Gasteiger charge is -2.40. The van der Waals surface area contributed by atoms with E-state index < -0.39 is 0 Å². The number of amides is 1. The van der Waals surface area contributed by atoms with Crippen molar-refractivity contribution < 1.29 is 4.79 Å². The minimum absolute atomic E-state index is 0.0497. The summed E-state index contributed by atoms with van der Waals surface area (Å²) in [6, 6.07) is 0.0497. The van der Waals surface area contributed by atoms with Gasteiger partial charge < -0.3 is 10.6 Å². The fourth-order valence-electron chi connectivity index (χ4n) is 3.47. The van der Waals surface area contributed by atoms with Gasteiger partial charge in [-0.15, -0.1) is 0 Å². The lowest BCUT2D eigenvalue weighted by Crippen LogP contribution is -2.55. The number of hydrogen-bond donors (Lipinski definition) is 1. The van der Waals surface area contributed by atoms with Gasteiger partial charge in [0, 0.05) is 38.8 Å². The number of carbonyl (C=O) groups excluding carboxylic acids is 1. The quantitative estimate of drug-likeness (QED) is 0.838. The summed E-state index contributed by atoms with van der Waals surface area (Å²) in [5.41, 5.74) is 5.85.